The Morgan fingerprint density at radius 2 is 1.93 bits per heavy atom. The fourth-order valence-electron chi connectivity index (χ4n) is 3.32. The molecule has 2 N–H and O–H groups in total. The van der Waals surface area contributed by atoms with E-state index in [4.69, 9.17) is 4.74 Å². The van der Waals surface area contributed by atoms with Crippen LogP contribution in [0.2, 0.25) is 0 Å². The minimum Gasteiger partial charge on any atom is -0.379 e. The minimum atomic E-state index is -0.251. The van der Waals surface area contributed by atoms with Crippen molar-refractivity contribution in [1.82, 2.24) is 15.6 Å². The zero-order valence-corrected chi connectivity index (χ0v) is 17.8. The fraction of sp³-hybridized carbons (Fsp3) is 0.409. The fourth-order valence-corrected chi connectivity index (χ4v) is 3.91. The number of unbranched alkanes of at least 4 members (excludes halogenated alkanes) is 1. The van der Waals surface area contributed by atoms with E-state index in [0.29, 0.717) is 31.7 Å². The third-order valence-corrected chi connectivity index (χ3v) is 5.73. The van der Waals surface area contributed by atoms with Crippen molar-refractivity contribution in [2.45, 2.75) is 25.3 Å². The lowest BCUT2D eigenvalue weighted by molar-refractivity contribution is -0.128. The summed E-state index contributed by atoms with van der Waals surface area (Å²) in [7, 11) is 0. The van der Waals surface area contributed by atoms with E-state index in [1.54, 1.807) is 29.7 Å². The highest BCUT2D eigenvalue weighted by atomic mass is 32.1. The zero-order chi connectivity index (χ0) is 21.0. The molecule has 1 fully saturated rings. The van der Waals surface area contributed by atoms with Gasteiger partial charge in [-0.3, -0.25) is 14.5 Å². The molecule has 1 atom stereocenters. The number of thiophene rings is 1. The van der Waals surface area contributed by atoms with Gasteiger partial charge in [0.15, 0.2) is 0 Å². The maximum atomic E-state index is 12.8. The second-order valence-corrected chi connectivity index (χ2v) is 8.01. The van der Waals surface area contributed by atoms with Crippen molar-refractivity contribution in [3.63, 3.8) is 0 Å². The molecule has 1 unspecified atom stereocenters. The van der Waals surface area contributed by atoms with E-state index >= 15 is 0 Å². The molecule has 1 aliphatic rings. The molecule has 2 aromatic rings. The van der Waals surface area contributed by atoms with Crippen LogP contribution >= 0.6 is 11.3 Å². The monoisotopic (exact) mass is 428 g/mol. The molecule has 1 aliphatic heterocycles. The number of hydrogen-bond donors (Lipinski definition) is 2. The van der Waals surface area contributed by atoms with Gasteiger partial charge in [-0.15, -0.1) is 11.3 Å². The van der Waals surface area contributed by atoms with Crippen LogP contribution in [0.25, 0.3) is 0 Å². The Morgan fingerprint density at radius 1 is 1.13 bits per heavy atom. The summed E-state index contributed by atoms with van der Waals surface area (Å²) >= 11 is 1.57. The van der Waals surface area contributed by atoms with Crippen LogP contribution in [0.15, 0.2) is 52.9 Å². The molecule has 30 heavy (non-hydrogen) atoms. The Balaban J connectivity index is 1.45. The number of morpholine rings is 1. The number of benzene rings is 1. The summed E-state index contributed by atoms with van der Waals surface area (Å²) in [6, 6.07) is 12.8. The van der Waals surface area contributed by atoms with Gasteiger partial charge >= 0.3 is 0 Å². The molecule has 1 aromatic heterocycles. The van der Waals surface area contributed by atoms with Gasteiger partial charge in [0.05, 0.1) is 25.5 Å². The maximum Gasteiger partial charge on any atom is 0.257 e. The predicted molar refractivity (Wildman–Crippen MR) is 119 cm³/mol. The van der Waals surface area contributed by atoms with Crippen LogP contribution in [0.1, 0.15) is 34.5 Å². The second-order valence-electron chi connectivity index (χ2n) is 7.03. The Labute approximate surface area is 181 Å². The van der Waals surface area contributed by atoms with Crippen molar-refractivity contribution >= 4 is 29.4 Å². The molecular formula is C22H28N4O3S. The number of hydrazone groups is 1. The molecule has 0 spiro atoms. The zero-order valence-electron chi connectivity index (χ0n) is 17.0. The lowest BCUT2D eigenvalue weighted by Gasteiger charge is -2.33. The molecule has 3 rings (SSSR count). The van der Waals surface area contributed by atoms with Crippen molar-refractivity contribution in [2.24, 2.45) is 5.10 Å². The Kier molecular flexibility index (Phi) is 9.02. The van der Waals surface area contributed by atoms with E-state index in [1.165, 1.54) is 0 Å². The summed E-state index contributed by atoms with van der Waals surface area (Å²) in [5, 5.41) is 9.01. The van der Waals surface area contributed by atoms with E-state index in [0.717, 1.165) is 30.8 Å². The predicted octanol–water partition coefficient (Wildman–Crippen LogP) is 2.50. The van der Waals surface area contributed by atoms with Gasteiger partial charge < -0.3 is 10.1 Å². The minimum absolute atomic E-state index is 0.0685. The average Bonchev–Trinajstić information content (AvgIpc) is 3.30. The number of rotatable bonds is 10. The third-order valence-electron chi connectivity index (χ3n) is 4.92. The van der Waals surface area contributed by atoms with Crippen LogP contribution in [-0.2, 0) is 9.53 Å². The molecule has 160 valence electrons. The molecule has 7 nitrogen and oxygen atoms in total. The summed E-state index contributed by atoms with van der Waals surface area (Å²) < 4.78 is 5.42. The highest BCUT2D eigenvalue weighted by Crippen LogP contribution is 2.12. The Bertz CT molecular complexity index is 805. The lowest BCUT2D eigenvalue weighted by atomic mass is 10.1. The largest absolute Gasteiger partial charge is 0.379 e. The van der Waals surface area contributed by atoms with Crippen LogP contribution in [-0.4, -0.2) is 61.8 Å². The number of ether oxygens (including phenoxy) is 1. The van der Waals surface area contributed by atoms with Crippen molar-refractivity contribution in [3.8, 4) is 0 Å². The molecule has 8 heteroatoms. The number of amides is 2. The molecule has 0 bridgehead atoms. The molecular weight excluding hydrogens is 400 g/mol. The van der Waals surface area contributed by atoms with Crippen molar-refractivity contribution in [2.75, 3.05) is 32.8 Å². The summed E-state index contributed by atoms with van der Waals surface area (Å²) in [5.74, 6) is -0.168. The van der Waals surface area contributed by atoms with Crippen LogP contribution in [0.5, 0.6) is 0 Å². The van der Waals surface area contributed by atoms with Gasteiger partial charge in [-0.2, -0.15) is 5.10 Å². The first kappa shape index (κ1) is 22.1. The van der Waals surface area contributed by atoms with Crippen LogP contribution in [0.3, 0.4) is 0 Å². The van der Waals surface area contributed by atoms with Crippen molar-refractivity contribution in [3.05, 3.63) is 58.3 Å². The third kappa shape index (κ3) is 7.05. The van der Waals surface area contributed by atoms with Gasteiger partial charge in [0.2, 0.25) is 0 Å². The highest BCUT2D eigenvalue weighted by Gasteiger charge is 2.26. The molecule has 0 saturated carbocycles. The van der Waals surface area contributed by atoms with Crippen LogP contribution < -0.4 is 10.7 Å². The summed E-state index contributed by atoms with van der Waals surface area (Å²) in [4.78, 5) is 28.0. The lowest BCUT2D eigenvalue weighted by Crippen LogP contribution is -2.50. The first-order valence-electron chi connectivity index (χ1n) is 10.3. The van der Waals surface area contributed by atoms with Crippen molar-refractivity contribution in [1.29, 1.82) is 0 Å². The average molecular weight is 429 g/mol. The van der Waals surface area contributed by atoms with Gasteiger partial charge in [-0.25, -0.2) is 5.43 Å². The van der Waals surface area contributed by atoms with E-state index in [2.05, 4.69) is 20.7 Å². The molecule has 0 aliphatic carbocycles. The summed E-state index contributed by atoms with van der Waals surface area (Å²) in [6.07, 6.45) is 4.02. The first-order chi connectivity index (χ1) is 14.7. The first-order valence-corrected chi connectivity index (χ1v) is 11.1. The van der Waals surface area contributed by atoms with Crippen LogP contribution in [0, 0.1) is 0 Å². The van der Waals surface area contributed by atoms with E-state index in [1.807, 2.05) is 35.7 Å². The van der Waals surface area contributed by atoms with Crippen molar-refractivity contribution < 1.29 is 14.3 Å². The Morgan fingerprint density at radius 3 is 2.67 bits per heavy atom. The van der Waals surface area contributed by atoms with Gasteiger partial charge in [0.25, 0.3) is 11.8 Å². The molecule has 0 radical (unpaired) electrons. The maximum absolute atomic E-state index is 12.8. The van der Waals surface area contributed by atoms with Crippen LogP contribution in [0.4, 0.5) is 0 Å². The number of nitrogens with one attached hydrogen (secondary N) is 2. The van der Waals surface area contributed by atoms with E-state index < -0.39 is 0 Å². The summed E-state index contributed by atoms with van der Waals surface area (Å²) in [6.45, 7) is 3.32. The summed E-state index contributed by atoms with van der Waals surface area (Å²) in [5.41, 5.74) is 3.34. The normalized spacial score (nSPS) is 15.7. The topological polar surface area (TPSA) is 83.0 Å². The number of nitrogens with zero attached hydrogens (tertiary/aromatic N) is 2. The Hall–Kier alpha value is -2.55. The SMILES string of the molecule is O=C(NCCCCC(C(=O)N/N=C/c1cccs1)N1CCOCC1)c1ccccc1. The van der Waals surface area contributed by atoms with Gasteiger partial charge in [-0.1, -0.05) is 24.3 Å². The van der Waals surface area contributed by atoms with E-state index in [9.17, 15) is 9.59 Å². The number of carbonyl (C=O) groups excluding carboxylic acids is 2. The highest BCUT2D eigenvalue weighted by molar-refractivity contribution is 7.11. The number of carbonyl (C=O) groups is 2. The standard InChI is InChI=1S/C22H28N4O3S/c27-21(18-7-2-1-3-8-18)23-11-5-4-10-20(26-12-14-29-15-13-26)22(28)25-24-17-19-9-6-16-30-19/h1-3,6-9,16-17,20H,4-5,10-15H2,(H,23,27)(H,25,28)/b24-17+. The molecule has 2 heterocycles. The van der Waals surface area contributed by atoms with Gasteiger partial charge in [-0.05, 0) is 42.8 Å². The molecule has 1 saturated heterocycles. The molecule has 2 amide bonds. The molecule has 1 aromatic carbocycles. The van der Waals surface area contributed by atoms with E-state index in [-0.39, 0.29) is 17.9 Å². The number of hydrogen-bond acceptors (Lipinski definition) is 6. The quantitative estimate of drug-likeness (QED) is 0.346. The van der Waals surface area contributed by atoms with Gasteiger partial charge in [0, 0.05) is 30.1 Å². The van der Waals surface area contributed by atoms with Gasteiger partial charge in [0.1, 0.15) is 0 Å². The second kappa shape index (κ2) is 12.2. The smallest absolute Gasteiger partial charge is 0.257 e.